The second kappa shape index (κ2) is 16.8. The van der Waals surface area contributed by atoms with E-state index < -0.39 is 5.09 Å². The summed E-state index contributed by atoms with van der Waals surface area (Å²) in [4.78, 5) is 8.36. The molecule has 2 saturated carbocycles. The monoisotopic (exact) mass is 596 g/mol. The van der Waals surface area contributed by atoms with Crippen molar-refractivity contribution in [3.05, 3.63) is 31.4 Å². The molecular weight excluding hydrogens is 546 g/mol. The first-order valence-corrected chi connectivity index (χ1v) is 15.5. The van der Waals surface area contributed by atoms with E-state index in [2.05, 4.69) is 0 Å². The van der Waals surface area contributed by atoms with E-state index in [1.54, 1.807) is 0 Å². The Balaban J connectivity index is 0.000000186. The minimum atomic E-state index is -1.50. The molecule has 0 spiro atoms. The normalized spacial score (nSPS) is 42.0. The Hall–Kier alpha value is -0.521. The molecule has 39 heavy (non-hydrogen) atoms. The Bertz CT molecular complexity index is 655. The molecular formula is C28H51CuN7O3-3. The van der Waals surface area contributed by atoms with Gasteiger partial charge in [-0.15, -0.1) is 23.2 Å². The number of nitrogens with two attached hydrogens (primary N) is 2. The van der Waals surface area contributed by atoms with Crippen LogP contribution in [-0.4, -0.2) is 59.9 Å². The molecule has 10 atom stereocenters. The third-order valence-electron chi connectivity index (χ3n) is 10.1. The molecule has 0 amide bonds. The Morgan fingerprint density at radius 1 is 0.615 bits per heavy atom. The second-order valence-corrected chi connectivity index (χ2v) is 12.5. The standard InChI is InChI=1S/2C14H25N3.Cu.HNO3/c2*15-14-11-6-2-1-5-10(11)9-13(17-14)12-7-3-4-8-16-12;;2-1(3)4/h2*10-14H,1-9,15H2;;(H,2,3,4)/q2*-2;+1;. The van der Waals surface area contributed by atoms with Crippen LogP contribution in [0.2, 0.25) is 0 Å². The smallest absolute Gasteiger partial charge is 0.661 e. The summed E-state index contributed by atoms with van der Waals surface area (Å²) >= 11 is 0. The molecule has 230 valence electrons. The van der Waals surface area contributed by atoms with Crippen LogP contribution in [0, 0.1) is 33.8 Å². The second-order valence-electron chi connectivity index (χ2n) is 12.5. The quantitative estimate of drug-likeness (QED) is 0.203. The predicted molar refractivity (Wildman–Crippen MR) is 151 cm³/mol. The van der Waals surface area contributed by atoms with E-state index in [-0.39, 0.29) is 29.4 Å². The van der Waals surface area contributed by atoms with Crippen molar-refractivity contribution < 1.29 is 27.4 Å². The molecule has 6 aliphatic rings. The average Bonchev–Trinajstić information content (AvgIpc) is 2.94. The van der Waals surface area contributed by atoms with Crippen LogP contribution in [0.4, 0.5) is 0 Å². The van der Waals surface area contributed by atoms with Crippen LogP contribution in [0.3, 0.4) is 0 Å². The van der Waals surface area contributed by atoms with E-state index >= 15 is 0 Å². The van der Waals surface area contributed by atoms with Crippen molar-refractivity contribution in [2.45, 2.75) is 139 Å². The summed E-state index contributed by atoms with van der Waals surface area (Å²) in [5.74, 6) is 3.06. The molecule has 11 heteroatoms. The Morgan fingerprint density at radius 3 is 1.33 bits per heavy atom. The van der Waals surface area contributed by atoms with Gasteiger partial charge in [-0.05, 0) is 23.7 Å². The van der Waals surface area contributed by atoms with Crippen LogP contribution in [0.25, 0.3) is 21.3 Å². The molecule has 6 rings (SSSR count). The molecule has 10 nitrogen and oxygen atoms in total. The fraction of sp³-hybridized carbons (Fsp3) is 1.00. The van der Waals surface area contributed by atoms with Gasteiger partial charge in [0.25, 0.3) is 5.09 Å². The van der Waals surface area contributed by atoms with Crippen molar-refractivity contribution in [3.63, 3.8) is 0 Å². The third kappa shape index (κ3) is 9.77. The van der Waals surface area contributed by atoms with Crippen molar-refractivity contribution in [3.8, 4) is 0 Å². The first kappa shape index (κ1) is 33.0. The van der Waals surface area contributed by atoms with Crippen molar-refractivity contribution in [1.82, 2.24) is 0 Å². The molecule has 10 unspecified atom stereocenters. The van der Waals surface area contributed by atoms with Crippen molar-refractivity contribution in [2.24, 2.45) is 35.1 Å². The summed E-state index contributed by atoms with van der Waals surface area (Å²) in [6.07, 6.45) is 21.4. The number of hydrogen-bond acceptors (Lipinski definition) is 4. The summed E-state index contributed by atoms with van der Waals surface area (Å²) in [5.41, 5.74) is 12.6. The Labute approximate surface area is 245 Å². The average molecular weight is 597 g/mol. The summed E-state index contributed by atoms with van der Waals surface area (Å²) in [7, 11) is 0. The van der Waals surface area contributed by atoms with Crippen LogP contribution in [0.1, 0.15) is 103 Å². The zero-order chi connectivity index (χ0) is 26.9. The topological polar surface area (TPSA) is 172 Å². The molecule has 6 fully saturated rings. The molecule has 0 bridgehead atoms. The number of rotatable bonds is 2. The molecule has 4 saturated heterocycles. The maximum atomic E-state index is 8.36. The van der Waals surface area contributed by atoms with E-state index in [9.17, 15) is 0 Å². The maximum Gasteiger partial charge on any atom is 1.00 e. The van der Waals surface area contributed by atoms with E-state index in [0.29, 0.717) is 36.0 Å². The minimum absolute atomic E-state index is 0. The summed E-state index contributed by atoms with van der Waals surface area (Å²) in [6.45, 7) is 2.11. The first-order chi connectivity index (χ1) is 18.4. The van der Waals surface area contributed by atoms with Gasteiger partial charge in [-0.2, -0.15) is 24.2 Å². The van der Waals surface area contributed by atoms with Crippen LogP contribution < -0.4 is 11.5 Å². The van der Waals surface area contributed by atoms with E-state index in [1.807, 2.05) is 0 Å². The molecule has 0 radical (unpaired) electrons. The number of nitrogens with zero attached hydrogens (tertiary/aromatic N) is 5. The van der Waals surface area contributed by atoms with Crippen molar-refractivity contribution in [1.29, 1.82) is 0 Å². The van der Waals surface area contributed by atoms with Gasteiger partial charge >= 0.3 is 17.1 Å². The third-order valence-corrected chi connectivity index (χ3v) is 10.1. The summed E-state index contributed by atoms with van der Waals surface area (Å²) < 4.78 is 0. The fourth-order valence-corrected chi connectivity index (χ4v) is 8.13. The molecule has 2 aliphatic carbocycles. The van der Waals surface area contributed by atoms with Gasteiger partial charge in [0.1, 0.15) is 0 Å². The summed E-state index contributed by atoms with van der Waals surface area (Å²) in [6, 6.07) is 1.89. The zero-order valence-electron chi connectivity index (χ0n) is 23.5. The van der Waals surface area contributed by atoms with Crippen LogP contribution >= 0.6 is 0 Å². The SMILES string of the molecule is NC1[N-]C(C2CCCC[N-]2)CC2CCCCC21.NC1[N-]C(C2CCCC[N-]2)CC2CCCCC21.O=[N+]([O-])O.[Cu+]. The predicted octanol–water partition coefficient (Wildman–Crippen LogP) is 5.95. The van der Waals surface area contributed by atoms with Gasteiger partial charge in [0.2, 0.25) is 0 Å². The largest absolute Gasteiger partial charge is 1.00 e. The minimum Gasteiger partial charge on any atom is -0.661 e. The fourth-order valence-electron chi connectivity index (χ4n) is 8.13. The molecule has 0 aromatic heterocycles. The van der Waals surface area contributed by atoms with E-state index in [1.165, 1.54) is 103 Å². The van der Waals surface area contributed by atoms with Crippen LogP contribution in [0.15, 0.2) is 0 Å². The van der Waals surface area contributed by atoms with E-state index in [0.717, 1.165) is 24.9 Å². The molecule has 4 heterocycles. The van der Waals surface area contributed by atoms with Gasteiger partial charge in [0.05, 0.1) is 0 Å². The molecule has 0 aromatic rings. The number of hydrogen-bond donors (Lipinski definition) is 3. The van der Waals surface area contributed by atoms with Gasteiger partial charge < -0.3 is 37.9 Å². The van der Waals surface area contributed by atoms with Crippen LogP contribution in [-0.2, 0) is 17.1 Å². The Kier molecular flexibility index (Phi) is 14.2. The van der Waals surface area contributed by atoms with Crippen LogP contribution in [0.5, 0.6) is 0 Å². The maximum absolute atomic E-state index is 8.36. The summed E-state index contributed by atoms with van der Waals surface area (Å²) in [5, 5.41) is 32.9. The molecule has 5 N–H and O–H groups in total. The molecule has 4 aliphatic heterocycles. The van der Waals surface area contributed by atoms with Crippen molar-refractivity contribution >= 4 is 0 Å². The molecule has 0 aromatic carbocycles. The first-order valence-electron chi connectivity index (χ1n) is 15.5. The van der Waals surface area contributed by atoms with Crippen molar-refractivity contribution in [2.75, 3.05) is 13.1 Å². The van der Waals surface area contributed by atoms with Gasteiger partial charge in [-0.1, -0.05) is 115 Å². The Morgan fingerprint density at radius 2 is 0.974 bits per heavy atom. The zero-order valence-corrected chi connectivity index (χ0v) is 24.4. The van der Waals surface area contributed by atoms with E-state index in [4.69, 9.17) is 48.1 Å². The van der Waals surface area contributed by atoms with Gasteiger partial charge in [-0.25, -0.2) is 0 Å². The van der Waals surface area contributed by atoms with Gasteiger partial charge in [0, 0.05) is 0 Å². The number of fused-ring (bicyclic) bond motifs is 2. The van der Waals surface area contributed by atoms with Gasteiger partial charge in [-0.3, -0.25) is 0 Å². The number of piperidine rings is 4. The van der Waals surface area contributed by atoms with Gasteiger partial charge in [0.15, 0.2) is 0 Å².